The third kappa shape index (κ3) is 6.31. The van der Waals surface area contributed by atoms with E-state index in [1.807, 2.05) is 36.4 Å². The van der Waals surface area contributed by atoms with Crippen molar-refractivity contribution in [1.82, 2.24) is 0 Å². The molecule has 0 aromatic heterocycles. The number of ketones is 1. The first kappa shape index (κ1) is 27.8. The number of rotatable bonds is 12. The summed E-state index contributed by atoms with van der Waals surface area (Å²) < 4.78 is 27.2. The van der Waals surface area contributed by atoms with Crippen LogP contribution in [0.15, 0.2) is 60.7 Å². The van der Waals surface area contributed by atoms with Gasteiger partial charge in [0.15, 0.2) is 28.8 Å². The lowest BCUT2D eigenvalue weighted by atomic mass is 10.0. The minimum absolute atomic E-state index is 0.0311. The summed E-state index contributed by atoms with van der Waals surface area (Å²) in [4.78, 5) is 23.4. The van der Waals surface area contributed by atoms with Crippen LogP contribution in [0, 0.1) is 10.1 Å². The molecule has 9 nitrogen and oxygen atoms in total. The number of carbonyl (C=O) groups is 1. The molecule has 0 saturated carbocycles. The highest BCUT2D eigenvalue weighted by Gasteiger charge is 2.17. The molecule has 0 saturated heterocycles. The third-order valence-corrected chi connectivity index (χ3v) is 5.76. The molecule has 3 rings (SSSR count). The molecule has 0 aliphatic rings. The van der Waals surface area contributed by atoms with Crippen molar-refractivity contribution in [1.29, 1.82) is 0 Å². The predicted molar refractivity (Wildman–Crippen MR) is 145 cm³/mol. The summed E-state index contributed by atoms with van der Waals surface area (Å²) in [5.41, 5.74) is 2.27. The van der Waals surface area contributed by atoms with Crippen LogP contribution in [0.1, 0.15) is 27.0 Å². The second kappa shape index (κ2) is 13.0. The molecule has 0 aliphatic heterocycles. The second-order valence-electron chi connectivity index (χ2n) is 7.94. The zero-order valence-corrected chi connectivity index (χ0v) is 21.8. The Hall–Kier alpha value is -4.79. The quantitative estimate of drug-likeness (QED) is 0.0973. The van der Waals surface area contributed by atoms with Crippen LogP contribution in [0.25, 0.3) is 12.2 Å². The lowest BCUT2D eigenvalue weighted by molar-refractivity contribution is -0.385. The number of nitrogens with zero attached hydrogens (tertiary/aromatic N) is 1. The molecule has 0 spiro atoms. The molecule has 38 heavy (non-hydrogen) atoms. The summed E-state index contributed by atoms with van der Waals surface area (Å²) in [5, 5.41) is 11.3. The molecule has 3 aromatic rings. The van der Waals surface area contributed by atoms with Gasteiger partial charge in [0.25, 0.3) is 5.69 Å². The van der Waals surface area contributed by atoms with Gasteiger partial charge in [-0.3, -0.25) is 14.9 Å². The second-order valence-corrected chi connectivity index (χ2v) is 7.94. The molecule has 0 N–H and O–H groups in total. The van der Waals surface area contributed by atoms with E-state index in [4.69, 9.17) is 23.7 Å². The number of allylic oxidation sites excluding steroid dienone is 2. The number of para-hydroxylation sites is 1. The fourth-order valence-corrected chi connectivity index (χ4v) is 3.88. The molecule has 0 fully saturated rings. The van der Waals surface area contributed by atoms with E-state index in [2.05, 4.69) is 0 Å². The number of hydrogen-bond donors (Lipinski definition) is 0. The van der Waals surface area contributed by atoms with Gasteiger partial charge in [0.05, 0.1) is 46.0 Å². The molecular weight excluding hydrogens is 490 g/mol. The Balaban J connectivity index is 1.96. The van der Waals surface area contributed by atoms with E-state index >= 15 is 0 Å². The predicted octanol–water partition coefficient (Wildman–Crippen LogP) is 5.79. The van der Waals surface area contributed by atoms with Crippen LogP contribution in [0.4, 0.5) is 5.69 Å². The molecular formula is C29H29NO8. The van der Waals surface area contributed by atoms with Crippen LogP contribution in [0.3, 0.4) is 0 Å². The molecule has 0 radical (unpaired) electrons. The number of carbonyl (C=O) groups excluding carboxylic acids is 1. The van der Waals surface area contributed by atoms with Crippen molar-refractivity contribution < 1.29 is 33.4 Å². The Labute approximate surface area is 221 Å². The minimum Gasteiger partial charge on any atom is -0.493 e. The number of nitro groups is 1. The van der Waals surface area contributed by atoms with Gasteiger partial charge in [-0.15, -0.1) is 0 Å². The molecule has 0 atom stereocenters. The Morgan fingerprint density at radius 2 is 1.42 bits per heavy atom. The largest absolute Gasteiger partial charge is 0.493 e. The first-order valence-corrected chi connectivity index (χ1v) is 11.5. The van der Waals surface area contributed by atoms with Gasteiger partial charge in [0.1, 0.15) is 0 Å². The van der Waals surface area contributed by atoms with E-state index in [0.717, 1.165) is 16.7 Å². The summed E-state index contributed by atoms with van der Waals surface area (Å²) >= 11 is 0. The van der Waals surface area contributed by atoms with Crippen molar-refractivity contribution in [3.63, 3.8) is 0 Å². The molecule has 3 aromatic carbocycles. The van der Waals surface area contributed by atoms with Gasteiger partial charge in [-0.25, -0.2) is 0 Å². The Bertz CT molecular complexity index is 1350. The summed E-state index contributed by atoms with van der Waals surface area (Å²) in [6.45, 7) is 0. The van der Waals surface area contributed by atoms with Gasteiger partial charge in [0, 0.05) is 6.07 Å². The fourth-order valence-electron chi connectivity index (χ4n) is 3.88. The molecule has 0 heterocycles. The van der Waals surface area contributed by atoms with E-state index < -0.39 is 10.7 Å². The smallest absolute Gasteiger partial charge is 0.280 e. The summed E-state index contributed by atoms with van der Waals surface area (Å²) in [5.74, 6) is 2.16. The summed E-state index contributed by atoms with van der Waals surface area (Å²) in [7, 11) is 7.74. The monoisotopic (exact) mass is 519 g/mol. The maximum Gasteiger partial charge on any atom is 0.280 e. The Morgan fingerprint density at radius 1 is 0.816 bits per heavy atom. The van der Waals surface area contributed by atoms with E-state index in [0.29, 0.717) is 35.2 Å². The van der Waals surface area contributed by atoms with Crippen LogP contribution < -0.4 is 23.7 Å². The maximum absolute atomic E-state index is 12.7. The average Bonchev–Trinajstić information content (AvgIpc) is 2.95. The minimum atomic E-state index is -0.568. The number of benzene rings is 3. The van der Waals surface area contributed by atoms with Crippen molar-refractivity contribution in [2.24, 2.45) is 0 Å². The highest BCUT2D eigenvalue weighted by atomic mass is 16.6. The number of hydrogen-bond acceptors (Lipinski definition) is 8. The van der Waals surface area contributed by atoms with E-state index in [1.54, 1.807) is 47.7 Å². The molecule has 0 bridgehead atoms. The van der Waals surface area contributed by atoms with Crippen molar-refractivity contribution in [2.75, 3.05) is 35.5 Å². The number of ether oxygens (including phenoxy) is 5. The first-order valence-electron chi connectivity index (χ1n) is 11.5. The molecule has 0 aliphatic carbocycles. The highest BCUT2D eigenvalue weighted by Crippen LogP contribution is 2.39. The average molecular weight is 520 g/mol. The summed E-state index contributed by atoms with van der Waals surface area (Å²) in [6, 6.07) is 13.2. The van der Waals surface area contributed by atoms with Gasteiger partial charge in [0.2, 0.25) is 5.75 Å². The fraction of sp³-hybridized carbons (Fsp3) is 0.207. The van der Waals surface area contributed by atoms with Crippen molar-refractivity contribution in [3.8, 4) is 28.7 Å². The summed E-state index contributed by atoms with van der Waals surface area (Å²) in [6.07, 6.45) is 7.15. The zero-order valence-electron chi connectivity index (χ0n) is 21.8. The van der Waals surface area contributed by atoms with Gasteiger partial charge in [-0.1, -0.05) is 30.4 Å². The standard InChI is InChI=1S/C29H29NO8/c1-34-25-17-20(9-8-12-24(31)22-10-6-7-11-23(22)30(32)33)21(18-26(25)35-2)14-13-19-15-27(36-3)29(38-5)28(16-19)37-4/h6-8,10-18H,9H2,1-5H3/b12-8-,14-13-. The molecule has 0 amide bonds. The van der Waals surface area contributed by atoms with Crippen LogP contribution in [0.5, 0.6) is 28.7 Å². The van der Waals surface area contributed by atoms with Gasteiger partial charge in [-0.2, -0.15) is 0 Å². The van der Waals surface area contributed by atoms with Crippen LogP contribution >= 0.6 is 0 Å². The van der Waals surface area contributed by atoms with E-state index in [-0.39, 0.29) is 11.3 Å². The zero-order chi connectivity index (χ0) is 27.7. The van der Waals surface area contributed by atoms with E-state index in [9.17, 15) is 14.9 Å². The normalized spacial score (nSPS) is 11.0. The number of methoxy groups -OCH3 is 5. The maximum atomic E-state index is 12.7. The van der Waals surface area contributed by atoms with Crippen molar-refractivity contribution in [3.05, 3.63) is 93.1 Å². The van der Waals surface area contributed by atoms with Crippen LogP contribution in [-0.4, -0.2) is 46.3 Å². The van der Waals surface area contributed by atoms with Gasteiger partial charge >= 0.3 is 0 Å². The number of nitro benzene ring substituents is 1. The Morgan fingerprint density at radius 3 is 2.00 bits per heavy atom. The van der Waals surface area contributed by atoms with Gasteiger partial charge in [-0.05, 0) is 59.5 Å². The van der Waals surface area contributed by atoms with Crippen molar-refractivity contribution in [2.45, 2.75) is 6.42 Å². The Kier molecular flexibility index (Phi) is 9.48. The van der Waals surface area contributed by atoms with E-state index in [1.165, 1.54) is 24.3 Å². The van der Waals surface area contributed by atoms with Crippen LogP contribution in [0.2, 0.25) is 0 Å². The lowest BCUT2D eigenvalue weighted by Gasteiger charge is -2.14. The SMILES string of the molecule is COc1cc(/C=C\c2cc(OC)c(OC)c(OC)c2)c(C/C=C\C(=O)c2ccccc2[N+](=O)[O-])cc1OC. The lowest BCUT2D eigenvalue weighted by Crippen LogP contribution is -2.01. The molecule has 9 heteroatoms. The van der Waals surface area contributed by atoms with Gasteiger partial charge < -0.3 is 23.7 Å². The first-order chi connectivity index (χ1) is 18.4. The third-order valence-electron chi connectivity index (χ3n) is 5.76. The molecule has 198 valence electrons. The molecule has 0 unspecified atom stereocenters. The highest BCUT2D eigenvalue weighted by molar-refractivity contribution is 6.07. The van der Waals surface area contributed by atoms with Crippen LogP contribution in [-0.2, 0) is 6.42 Å². The van der Waals surface area contributed by atoms with Crippen molar-refractivity contribution >= 4 is 23.6 Å². The topological polar surface area (TPSA) is 106 Å².